The number of methoxy groups -OCH3 is 1. The Hall–Kier alpha value is -3.41. The van der Waals surface area contributed by atoms with E-state index in [4.69, 9.17) is 9.47 Å². The summed E-state index contributed by atoms with van der Waals surface area (Å²) in [5.41, 5.74) is 2.36. The van der Waals surface area contributed by atoms with Crippen LogP contribution in [0.25, 0.3) is 6.08 Å². The summed E-state index contributed by atoms with van der Waals surface area (Å²) in [5.74, 6) is 0.317. The molecule has 1 heterocycles. The molecular weight excluding hydrogens is 320 g/mol. The van der Waals surface area contributed by atoms with Crippen LogP contribution in [0.1, 0.15) is 18.1 Å². The van der Waals surface area contributed by atoms with Gasteiger partial charge in [0.1, 0.15) is 5.75 Å². The third-order valence-electron chi connectivity index (χ3n) is 3.49. The molecule has 0 aliphatic carbocycles. The fraction of sp³-hybridized carbons (Fsp3) is 0.105. The predicted octanol–water partition coefficient (Wildman–Crippen LogP) is 3.00. The number of esters is 1. The van der Waals surface area contributed by atoms with Gasteiger partial charge in [-0.15, -0.1) is 0 Å². The highest BCUT2D eigenvalue weighted by molar-refractivity contribution is 6.13. The van der Waals surface area contributed by atoms with Gasteiger partial charge in [0.2, 0.25) is 11.8 Å². The van der Waals surface area contributed by atoms with Crippen molar-refractivity contribution in [3.8, 4) is 5.75 Å². The van der Waals surface area contributed by atoms with E-state index in [0.717, 1.165) is 11.3 Å². The summed E-state index contributed by atoms with van der Waals surface area (Å²) in [5, 5.41) is 2.67. The standard InChI is InChI=1S/C19H16N2O4/c1-12(22)20-15-7-5-14(6-8-15)18-21-17(19(23)25-18)11-13-3-9-16(24-2)10-4-13/h3-11H,1-2H3,(H,20,22)/b17-11-. The molecule has 0 bridgehead atoms. The number of benzene rings is 2. The van der Waals surface area contributed by atoms with E-state index >= 15 is 0 Å². The molecule has 0 radical (unpaired) electrons. The summed E-state index contributed by atoms with van der Waals surface area (Å²) < 4.78 is 10.3. The fourth-order valence-corrected chi connectivity index (χ4v) is 2.29. The van der Waals surface area contributed by atoms with Crippen molar-refractivity contribution in [1.29, 1.82) is 0 Å². The smallest absolute Gasteiger partial charge is 0.363 e. The van der Waals surface area contributed by atoms with Crippen LogP contribution in [-0.4, -0.2) is 24.9 Å². The molecule has 2 aromatic carbocycles. The monoisotopic (exact) mass is 336 g/mol. The summed E-state index contributed by atoms with van der Waals surface area (Å²) in [6, 6.07) is 14.2. The summed E-state index contributed by atoms with van der Waals surface area (Å²) in [4.78, 5) is 27.3. The molecule has 25 heavy (non-hydrogen) atoms. The zero-order valence-electron chi connectivity index (χ0n) is 13.8. The Balaban J connectivity index is 1.81. The highest BCUT2D eigenvalue weighted by atomic mass is 16.6. The maximum Gasteiger partial charge on any atom is 0.363 e. The summed E-state index contributed by atoms with van der Waals surface area (Å²) >= 11 is 0. The van der Waals surface area contributed by atoms with Crippen LogP contribution in [-0.2, 0) is 14.3 Å². The molecule has 6 nitrogen and oxygen atoms in total. The van der Waals surface area contributed by atoms with Crippen molar-refractivity contribution in [3.05, 3.63) is 65.4 Å². The first kappa shape index (κ1) is 16.4. The number of ether oxygens (including phenoxy) is 2. The molecule has 1 N–H and O–H groups in total. The minimum Gasteiger partial charge on any atom is -0.497 e. The molecule has 2 aromatic rings. The minimum absolute atomic E-state index is 0.151. The summed E-state index contributed by atoms with van der Waals surface area (Å²) in [6.07, 6.45) is 1.65. The van der Waals surface area contributed by atoms with Crippen LogP contribution in [0, 0.1) is 0 Å². The third kappa shape index (κ3) is 3.92. The Kier molecular flexibility index (Phi) is 4.61. The van der Waals surface area contributed by atoms with Crippen molar-refractivity contribution >= 4 is 29.5 Å². The van der Waals surface area contributed by atoms with E-state index in [1.54, 1.807) is 49.6 Å². The zero-order valence-corrected chi connectivity index (χ0v) is 13.8. The SMILES string of the molecule is COc1ccc(/C=C2\N=C(c3ccc(NC(C)=O)cc3)OC2=O)cc1. The van der Waals surface area contributed by atoms with Gasteiger partial charge in [-0.2, -0.15) is 0 Å². The van der Waals surface area contributed by atoms with Crippen LogP contribution < -0.4 is 10.1 Å². The maximum atomic E-state index is 12.0. The number of carbonyl (C=O) groups excluding carboxylic acids is 2. The summed E-state index contributed by atoms with van der Waals surface area (Å²) in [7, 11) is 1.59. The van der Waals surface area contributed by atoms with Gasteiger partial charge in [-0.3, -0.25) is 4.79 Å². The van der Waals surface area contributed by atoms with Crippen LogP contribution in [0.5, 0.6) is 5.75 Å². The quantitative estimate of drug-likeness (QED) is 0.688. The van der Waals surface area contributed by atoms with Gasteiger partial charge in [-0.25, -0.2) is 9.79 Å². The molecule has 6 heteroatoms. The van der Waals surface area contributed by atoms with Gasteiger partial charge in [0, 0.05) is 18.2 Å². The first-order chi connectivity index (χ1) is 12.0. The number of nitrogens with zero attached hydrogens (tertiary/aromatic N) is 1. The van der Waals surface area contributed by atoms with Gasteiger partial charge in [0.05, 0.1) is 7.11 Å². The van der Waals surface area contributed by atoms with E-state index in [1.165, 1.54) is 6.92 Å². The first-order valence-corrected chi connectivity index (χ1v) is 7.60. The Labute approximate surface area is 144 Å². The number of nitrogens with one attached hydrogen (secondary N) is 1. The Bertz CT molecular complexity index is 865. The molecule has 3 rings (SSSR count). The van der Waals surface area contributed by atoms with Crippen molar-refractivity contribution in [2.45, 2.75) is 6.92 Å². The average Bonchev–Trinajstić information content (AvgIpc) is 2.96. The van der Waals surface area contributed by atoms with Gasteiger partial charge in [-0.05, 0) is 48.0 Å². The molecule has 1 aliphatic rings. The number of anilines is 1. The lowest BCUT2D eigenvalue weighted by Gasteiger charge is -2.03. The van der Waals surface area contributed by atoms with Crippen molar-refractivity contribution in [2.75, 3.05) is 12.4 Å². The van der Waals surface area contributed by atoms with Crippen molar-refractivity contribution < 1.29 is 19.1 Å². The van der Waals surface area contributed by atoms with E-state index < -0.39 is 5.97 Å². The lowest BCUT2D eigenvalue weighted by atomic mass is 10.2. The topological polar surface area (TPSA) is 77.0 Å². The van der Waals surface area contributed by atoms with Crippen molar-refractivity contribution in [1.82, 2.24) is 0 Å². The number of rotatable bonds is 4. The summed E-state index contributed by atoms with van der Waals surface area (Å²) in [6.45, 7) is 1.44. The van der Waals surface area contributed by atoms with Crippen LogP contribution in [0.4, 0.5) is 5.69 Å². The maximum absolute atomic E-state index is 12.0. The molecule has 0 saturated heterocycles. The molecule has 0 unspecified atom stereocenters. The second kappa shape index (κ2) is 7.00. The second-order valence-corrected chi connectivity index (χ2v) is 5.37. The lowest BCUT2D eigenvalue weighted by molar-refractivity contribution is -0.129. The van der Waals surface area contributed by atoms with E-state index in [2.05, 4.69) is 10.3 Å². The van der Waals surface area contributed by atoms with Gasteiger partial charge >= 0.3 is 5.97 Å². The highest BCUT2D eigenvalue weighted by Gasteiger charge is 2.24. The van der Waals surface area contributed by atoms with Crippen LogP contribution in [0.15, 0.2) is 59.2 Å². The number of amides is 1. The largest absolute Gasteiger partial charge is 0.497 e. The minimum atomic E-state index is -0.503. The normalized spacial score (nSPS) is 14.9. The van der Waals surface area contributed by atoms with E-state index in [0.29, 0.717) is 11.3 Å². The van der Waals surface area contributed by atoms with Crippen LogP contribution in [0.2, 0.25) is 0 Å². The van der Waals surface area contributed by atoms with Crippen molar-refractivity contribution in [3.63, 3.8) is 0 Å². The van der Waals surface area contributed by atoms with E-state index in [9.17, 15) is 9.59 Å². The van der Waals surface area contributed by atoms with Gasteiger partial charge in [0.15, 0.2) is 5.70 Å². The molecule has 1 amide bonds. The molecule has 0 aromatic heterocycles. The number of aliphatic imine (C=N–C) groups is 1. The molecule has 126 valence electrons. The first-order valence-electron chi connectivity index (χ1n) is 7.60. The molecular formula is C19H16N2O4. The Morgan fingerprint density at radius 2 is 1.80 bits per heavy atom. The van der Waals surface area contributed by atoms with Gasteiger partial charge < -0.3 is 14.8 Å². The van der Waals surface area contributed by atoms with E-state index in [1.807, 2.05) is 12.1 Å². The number of carbonyl (C=O) groups is 2. The third-order valence-corrected chi connectivity index (χ3v) is 3.49. The van der Waals surface area contributed by atoms with E-state index in [-0.39, 0.29) is 17.5 Å². The molecule has 0 fully saturated rings. The zero-order chi connectivity index (χ0) is 17.8. The van der Waals surface area contributed by atoms with Gasteiger partial charge in [-0.1, -0.05) is 12.1 Å². The van der Waals surface area contributed by atoms with Gasteiger partial charge in [0.25, 0.3) is 0 Å². The molecule has 0 saturated carbocycles. The lowest BCUT2D eigenvalue weighted by Crippen LogP contribution is -2.07. The van der Waals surface area contributed by atoms with Crippen LogP contribution in [0.3, 0.4) is 0 Å². The fourth-order valence-electron chi connectivity index (χ4n) is 2.29. The molecule has 0 spiro atoms. The second-order valence-electron chi connectivity index (χ2n) is 5.37. The predicted molar refractivity (Wildman–Crippen MR) is 94.3 cm³/mol. The Morgan fingerprint density at radius 1 is 1.12 bits per heavy atom. The molecule has 0 atom stereocenters. The number of hydrogen-bond donors (Lipinski definition) is 1. The number of hydrogen-bond acceptors (Lipinski definition) is 5. The number of cyclic esters (lactones) is 1. The average molecular weight is 336 g/mol. The van der Waals surface area contributed by atoms with Crippen molar-refractivity contribution in [2.24, 2.45) is 4.99 Å². The molecule has 1 aliphatic heterocycles. The Morgan fingerprint density at radius 3 is 2.40 bits per heavy atom. The van der Waals surface area contributed by atoms with Crippen LogP contribution >= 0.6 is 0 Å². The highest BCUT2D eigenvalue weighted by Crippen LogP contribution is 2.21.